The van der Waals surface area contributed by atoms with Gasteiger partial charge in [-0.3, -0.25) is 0 Å². The van der Waals surface area contributed by atoms with Crippen molar-refractivity contribution in [2.75, 3.05) is 0 Å². The standard InChI is InChI=1S/C6H12.C6H6.2C2H6/c2*1-2-4-6-5-3-1;2*1-2/h1-6H2;1-6H;2*1-2H3. The Morgan fingerprint density at radius 1 is 0.375 bits per heavy atom. The molecule has 0 amide bonds. The van der Waals surface area contributed by atoms with Crippen molar-refractivity contribution in [1.29, 1.82) is 0 Å². The van der Waals surface area contributed by atoms with Crippen molar-refractivity contribution in [3.05, 3.63) is 36.4 Å². The van der Waals surface area contributed by atoms with E-state index in [2.05, 4.69) is 0 Å². The van der Waals surface area contributed by atoms with Crippen LogP contribution >= 0.6 is 0 Å². The summed E-state index contributed by atoms with van der Waals surface area (Å²) in [4.78, 5) is 0. The van der Waals surface area contributed by atoms with Gasteiger partial charge in [-0.2, -0.15) is 0 Å². The van der Waals surface area contributed by atoms with E-state index < -0.39 is 0 Å². The number of benzene rings is 1. The molecule has 2 rings (SSSR count). The first-order chi connectivity index (χ1) is 8.00. The largest absolute Gasteiger partial charge is 0.0683 e. The fourth-order valence-electron chi connectivity index (χ4n) is 1.45. The second-order valence-electron chi connectivity index (χ2n) is 3.28. The van der Waals surface area contributed by atoms with Crippen LogP contribution in [-0.2, 0) is 0 Å². The zero-order valence-electron chi connectivity index (χ0n) is 11.7. The van der Waals surface area contributed by atoms with Crippen molar-refractivity contribution in [2.45, 2.75) is 66.2 Å². The van der Waals surface area contributed by atoms with Crippen molar-refractivity contribution < 1.29 is 0 Å². The van der Waals surface area contributed by atoms with Gasteiger partial charge in [0.1, 0.15) is 0 Å². The smallest absolute Gasteiger partial charge is 0.0533 e. The minimum atomic E-state index is 1.50. The zero-order valence-corrected chi connectivity index (χ0v) is 11.7. The van der Waals surface area contributed by atoms with Gasteiger partial charge in [0.25, 0.3) is 0 Å². The van der Waals surface area contributed by atoms with Crippen LogP contribution in [0, 0.1) is 0 Å². The van der Waals surface area contributed by atoms with Crippen LogP contribution < -0.4 is 0 Å². The summed E-state index contributed by atoms with van der Waals surface area (Å²) in [5, 5.41) is 0. The molecule has 0 unspecified atom stereocenters. The van der Waals surface area contributed by atoms with Gasteiger partial charge >= 0.3 is 0 Å². The fraction of sp³-hybridized carbons (Fsp3) is 0.625. The molecule has 16 heavy (non-hydrogen) atoms. The predicted molar refractivity (Wildman–Crippen MR) is 76.8 cm³/mol. The quantitative estimate of drug-likeness (QED) is 0.499. The molecular formula is C16H30. The van der Waals surface area contributed by atoms with Crippen molar-refractivity contribution in [1.82, 2.24) is 0 Å². The van der Waals surface area contributed by atoms with Gasteiger partial charge < -0.3 is 0 Å². The summed E-state index contributed by atoms with van der Waals surface area (Å²) < 4.78 is 0. The first-order valence-electron chi connectivity index (χ1n) is 7.00. The van der Waals surface area contributed by atoms with Gasteiger partial charge in [-0.05, 0) is 0 Å². The maximum atomic E-state index is 2.00. The van der Waals surface area contributed by atoms with E-state index in [1.165, 1.54) is 38.5 Å². The summed E-state index contributed by atoms with van der Waals surface area (Å²) in [7, 11) is 0. The van der Waals surface area contributed by atoms with Crippen LogP contribution in [0.1, 0.15) is 66.2 Å². The Kier molecular flexibility index (Phi) is 21.7. The van der Waals surface area contributed by atoms with Gasteiger partial charge in [0.2, 0.25) is 0 Å². The molecule has 0 nitrogen and oxygen atoms in total. The van der Waals surface area contributed by atoms with E-state index in [0.717, 1.165) is 0 Å². The third-order valence-corrected chi connectivity index (χ3v) is 2.17. The SMILES string of the molecule is C1CCCCC1.CC.CC.c1ccccc1. The molecule has 0 atom stereocenters. The van der Waals surface area contributed by atoms with Crippen LogP contribution in [0.3, 0.4) is 0 Å². The molecule has 0 N–H and O–H groups in total. The molecule has 0 spiro atoms. The van der Waals surface area contributed by atoms with Crippen LogP contribution in [0.5, 0.6) is 0 Å². The van der Waals surface area contributed by atoms with Crippen LogP contribution in [0.2, 0.25) is 0 Å². The Morgan fingerprint density at radius 2 is 0.500 bits per heavy atom. The Labute approximate surface area is 103 Å². The molecule has 0 aliphatic heterocycles. The molecule has 1 aromatic carbocycles. The van der Waals surface area contributed by atoms with E-state index in [4.69, 9.17) is 0 Å². The molecule has 0 aromatic heterocycles. The van der Waals surface area contributed by atoms with Crippen molar-refractivity contribution in [2.24, 2.45) is 0 Å². The minimum absolute atomic E-state index is 1.50. The lowest BCUT2D eigenvalue weighted by atomic mass is 10.0. The Morgan fingerprint density at radius 3 is 0.625 bits per heavy atom. The van der Waals surface area contributed by atoms with Gasteiger partial charge in [-0.1, -0.05) is 103 Å². The van der Waals surface area contributed by atoms with E-state index in [0.29, 0.717) is 0 Å². The lowest BCUT2D eigenvalue weighted by Crippen LogP contribution is -1.85. The summed E-state index contributed by atoms with van der Waals surface area (Å²) in [6.45, 7) is 8.00. The molecular weight excluding hydrogens is 192 g/mol. The highest BCUT2D eigenvalue weighted by Crippen LogP contribution is 2.15. The van der Waals surface area contributed by atoms with Crippen LogP contribution in [0.25, 0.3) is 0 Å². The minimum Gasteiger partial charge on any atom is -0.0683 e. The Bertz CT molecular complexity index is 124. The molecule has 94 valence electrons. The van der Waals surface area contributed by atoms with Gasteiger partial charge in [-0.25, -0.2) is 0 Å². The summed E-state index contributed by atoms with van der Waals surface area (Å²) in [5.41, 5.74) is 0. The molecule has 1 fully saturated rings. The maximum absolute atomic E-state index is 2.00. The molecule has 0 saturated heterocycles. The molecule has 1 aliphatic rings. The molecule has 0 heteroatoms. The highest BCUT2D eigenvalue weighted by atomic mass is 14.0. The van der Waals surface area contributed by atoms with E-state index in [1.54, 1.807) is 0 Å². The van der Waals surface area contributed by atoms with Crippen molar-refractivity contribution in [3.8, 4) is 0 Å². The van der Waals surface area contributed by atoms with E-state index >= 15 is 0 Å². The van der Waals surface area contributed by atoms with Gasteiger partial charge in [0.05, 0.1) is 0 Å². The maximum Gasteiger partial charge on any atom is -0.0533 e. The van der Waals surface area contributed by atoms with Gasteiger partial charge in [-0.15, -0.1) is 0 Å². The Hall–Kier alpha value is -0.780. The third-order valence-electron chi connectivity index (χ3n) is 2.17. The van der Waals surface area contributed by atoms with Crippen molar-refractivity contribution >= 4 is 0 Å². The fourth-order valence-corrected chi connectivity index (χ4v) is 1.45. The zero-order chi connectivity index (χ0) is 12.5. The van der Waals surface area contributed by atoms with Crippen LogP contribution in [-0.4, -0.2) is 0 Å². The topological polar surface area (TPSA) is 0 Å². The van der Waals surface area contributed by atoms with Gasteiger partial charge in [0, 0.05) is 0 Å². The highest BCUT2D eigenvalue weighted by molar-refractivity contribution is 4.99. The van der Waals surface area contributed by atoms with E-state index in [1.807, 2.05) is 64.1 Å². The summed E-state index contributed by atoms with van der Waals surface area (Å²) in [5.74, 6) is 0. The molecule has 1 aromatic rings. The monoisotopic (exact) mass is 222 g/mol. The lowest BCUT2D eigenvalue weighted by Gasteiger charge is -2.05. The molecule has 0 heterocycles. The second-order valence-corrected chi connectivity index (χ2v) is 3.28. The van der Waals surface area contributed by atoms with Crippen LogP contribution in [0.15, 0.2) is 36.4 Å². The number of rotatable bonds is 0. The predicted octanol–water partition coefficient (Wildman–Crippen LogP) is 6.08. The highest BCUT2D eigenvalue weighted by Gasteiger charge is 1.95. The summed E-state index contributed by atoms with van der Waals surface area (Å²) in [6.07, 6.45) is 9.00. The second kappa shape index (κ2) is 19.7. The number of hydrogen-bond acceptors (Lipinski definition) is 0. The lowest BCUT2D eigenvalue weighted by molar-refractivity contribution is 0.504. The molecule has 0 bridgehead atoms. The average Bonchev–Trinajstić information content (AvgIpc) is 2.48. The average molecular weight is 222 g/mol. The molecule has 0 radical (unpaired) electrons. The van der Waals surface area contributed by atoms with E-state index in [-0.39, 0.29) is 0 Å². The molecule has 1 aliphatic carbocycles. The first-order valence-corrected chi connectivity index (χ1v) is 7.00. The number of hydrogen-bond donors (Lipinski definition) is 0. The van der Waals surface area contributed by atoms with Crippen LogP contribution in [0.4, 0.5) is 0 Å². The van der Waals surface area contributed by atoms with E-state index in [9.17, 15) is 0 Å². The normalized spacial score (nSPS) is 12.8. The first kappa shape index (κ1) is 17.6. The van der Waals surface area contributed by atoms with Gasteiger partial charge in [0.15, 0.2) is 0 Å². The molecule has 1 saturated carbocycles. The summed E-state index contributed by atoms with van der Waals surface area (Å²) >= 11 is 0. The van der Waals surface area contributed by atoms with Crippen molar-refractivity contribution in [3.63, 3.8) is 0 Å². The Balaban J connectivity index is 0. The third kappa shape index (κ3) is 15.7. The summed E-state index contributed by atoms with van der Waals surface area (Å²) in [6, 6.07) is 12.0.